The highest BCUT2D eigenvalue weighted by molar-refractivity contribution is 6.02. The molecule has 2 atom stereocenters. The lowest BCUT2D eigenvalue weighted by molar-refractivity contribution is -0.122. The molecule has 0 radical (unpaired) electrons. The number of rotatable bonds is 2. The molecule has 0 heterocycles. The van der Waals surface area contributed by atoms with Crippen LogP contribution in [0.4, 0.5) is 0 Å². The van der Waals surface area contributed by atoms with Crippen LogP contribution in [-0.2, 0) is 4.79 Å². The maximum absolute atomic E-state index is 12.5. The minimum atomic E-state index is 0.219. The maximum Gasteiger partial charge on any atom is 0.162 e. The fourth-order valence-electron chi connectivity index (χ4n) is 2.75. The third-order valence-electron chi connectivity index (χ3n) is 3.99. The minimum absolute atomic E-state index is 0.219. The van der Waals surface area contributed by atoms with Gasteiger partial charge in [-0.15, -0.1) is 0 Å². The largest absolute Gasteiger partial charge is 0.294 e. The molecule has 0 saturated heterocycles. The lowest BCUT2D eigenvalue weighted by atomic mass is 9.73. The first-order valence-electron chi connectivity index (χ1n) is 6.90. The Hall–Kier alpha value is -1.37. The Kier molecular flexibility index (Phi) is 4.00. The van der Waals surface area contributed by atoms with Crippen molar-refractivity contribution in [1.29, 1.82) is 0 Å². The number of Topliss-reactive ketones (excluding diaryl/α,β-unsaturated/α-hetero) is 1. The summed E-state index contributed by atoms with van der Waals surface area (Å²) in [6.07, 6.45) is 4.26. The summed E-state index contributed by atoms with van der Waals surface area (Å²) >= 11 is 0. The van der Waals surface area contributed by atoms with Gasteiger partial charge in [0.1, 0.15) is 0 Å². The molecule has 0 spiro atoms. The SMILES string of the molecule is CC1CCC(C(C)C)C(=O)/C1=C\c1ccccc1. The normalized spacial score (nSPS) is 26.9. The topological polar surface area (TPSA) is 17.1 Å². The van der Waals surface area contributed by atoms with Gasteiger partial charge in [-0.1, -0.05) is 51.1 Å². The Balaban J connectivity index is 2.29. The van der Waals surface area contributed by atoms with E-state index in [2.05, 4.69) is 39.0 Å². The maximum atomic E-state index is 12.5. The number of ketones is 1. The summed E-state index contributed by atoms with van der Waals surface area (Å²) in [4.78, 5) is 12.5. The predicted molar refractivity (Wildman–Crippen MR) is 76.2 cm³/mol. The fourth-order valence-corrected chi connectivity index (χ4v) is 2.75. The third kappa shape index (κ3) is 2.72. The van der Waals surface area contributed by atoms with E-state index >= 15 is 0 Å². The van der Waals surface area contributed by atoms with E-state index in [4.69, 9.17) is 0 Å². The summed E-state index contributed by atoms with van der Waals surface area (Å²) in [7, 11) is 0. The molecule has 0 amide bonds. The van der Waals surface area contributed by atoms with Gasteiger partial charge in [-0.3, -0.25) is 4.79 Å². The Morgan fingerprint density at radius 3 is 2.44 bits per heavy atom. The molecule has 1 aliphatic rings. The molecule has 1 nitrogen and oxygen atoms in total. The summed E-state index contributed by atoms with van der Waals surface area (Å²) in [6, 6.07) is 10.2. The van der Waals surface area contributed by atoms with Gasteiger partial charge < -0.3 is 0 Å². The zero-order valence-electron chi connectivity index (χ0n) is 11.5. The first-order valence-corrected chi connectivity index (χ1v) is 6.90. The van der Waals surface area contributed by atoms with Crippen LogP contribution in [0.5, 0.6) is 0 Å². The standard InChI is InChI=1S/C17H22O/c1-12(2)15-10-9-13(3)16(17(15)18)11-14-7-5-4-6-8-14/h4-8,11-13,15H,9-10H2,1-3H3/b16-11-. The van der Waals surface area contributed by atoms with Gasteiger partial charge in [0.25, 0.3) is 0 Å². The quantitative estimate of drug-likeness (QED) is 0.705. The molecule has 1 aliphatic carbocycles. The second kappa shape index (κ2) is 5.51. The van der Waals surface area contributed by atoms with Gasteiger partial charge in [-0.05, 0) is 41.9 Å². The molecular formula is C17H22O. The first kappa shape index (κ1) is 13.1. The van der Waals surface area contributed by atoms with Crippen LogP contribution >= 0.6 is 0 Å². The van der Waals surface area contributed by atoms with E-state index in [0.29, 0.717) is 17.6 Å². The van der Waals surface area contributed by atoms with Crippen molar-refractivity contribution in [2.75, 3.05) is 0 Å². The number of carbonyl (C=O) groups excluding carboxylic acids is 1. The van der Waals surface area contributed by atoms with Crippen LogP contribution < -0.4 is 0 Å². The third-order valence-corrected chi connectivity index (χ3v) is 3.99. The number of benzene rings is 1. The molecule has 1 fully saturated rings. The van der Waals surface area contributed by atoms with E-state index in [9.17, 15) is 4.79 Å². The average Bonchev–Trinajstić information content (AvgIpc) is 2.35. The van der Waals surface area contributed by atoms with Gasteiger partial charge in [0.15, 0.2) is 5.78 Å². The second-order valence-electron chi connectivity index (χ2n) is 5.70. The van der Waals surface area contributed by atoms with E-state index in [1.165, 1.54) is 0 Å². The highest BCUT2D eigenvalue weighted by Crippen LogP contribution is 2.35. The van der Waals surface area contributed by atoms with Crippen molar-refractivity contribution in [3.63, 3.8) is 0 Å². The summed E-state index contributed by atoms with van der Waals surface area (Å²) in [6.45, 7) is 6.47. The molecule has 1 heteroatoms. The number of carbonyl (C=O) groups is 1. The molecule has 0 aliphatic heterocycles. The molecule has 2 unspecified atom stereocenters. The lowest BCUT2D eigenvalue weighted by Gasteiger charge is -2.30. The molecule has 0 aromatic heterocycles. The lowest BCUT2D eigenvalue weighted by Crippen LogP contribution is -2.30. The van der Waals surface area contributed by atoms with Crippen LogP contribution in [0.15, 0.2) is 35.9 Å². The second-order valence-corrected chi connectivity index (χ2v) is 5.70. The van der Waals surface area contributed by atoms with Crippen molar-refractivity contribution in [2.45, 2.75) is 33.6 Å². The van der Waals surface area contributed by atoms with Gasteiger partial charge in [0, 0.05) is 5.92 Å². The smallest absolute Gasteiger partial charge is 0.162 e. The summed E-state index contributed by atoms with van der Waals surface area (Å²) < 4.78 is 0. The van der Waals surface area contributed by atoms with Crippen LogP contribution in [0.2, 0.25) is 0 Å². The van der Waals surface area contributed by atoms with E-state index in [-0.39, 0.29) is 5.92 Å². The Labute approximate surface area is 110 Å². The molecule has 0 bridgehead atoms. The van der Waals surface area contributed by atoms with Crippen molar-refractivity contribution >= 4 is 11.9 Å². The van der Waals surface area contributed by atoms with Crippen molar-refractivity contribution in [3.8, 4) is 0 Å². The van der Waals surface area contributed by atoms with Gasteiger partial charge in [-0.2, -0.15) is 0 Å². The molecule has 2 rings (SSSR count). The summed E-state index contributed by atoms with van der Waals surface area (Å²) in [5.74, 6) is 1.43. The number of hydrogen-bond donors (Lipinski definition) is 0. The highest BCUT2D eigenvalue weighted by atomic mass is 16.1. The molecule has 96 valence electrons. The molecular weight excluding hydrogens is 220 g/mol. The number of hydrogen-bond acceptors (Lipinski definition) is 1. The highest BCUT2D eigenvalue weighted by Gasteiger charge is 2.32. The summed E-state index contributed by atoms with van der Waals surface area (Å²) in [5.41, 5.74) is 2.16. The Morgan fingerprint density at radius 1 is 1.17 bits per heavy atom. The molecule has 18 heavy (non-hydrogen) atoms. The van der Waals surface area contributed by atoms with Crippen LogP contribution in [-0.4, -0.2) is 5.78 Å². The van der Waals surface area contributed by atoms with E-state index in [0.717, 1.165) is 24.0 Å². The molecule has 1 aromatic rings. The van der Waals surface area contributed by atoms with Crippen LogP contribution in [0, 0.1) is 17.8 Å². The van der Waals surface area contributed by atoms with Crippen molar-refractivity contribution < 1.29 is 4.79 Å². The Bertz CT molecular complexity index is 442. The fraction of sp³-hybridized carbons (Fsp3) is 0.471. The average molecular weight is 242 g/mol. The van der Waals surface area contributed by atoms with E-state index in [1.807, 2.05) is 18.2 Å². The monoisotopic (exact) mass is 242 g/mol. The molecule has 1 aromatic carbocycles. The Morgan fingerprint density at radius 2 is 1.83 bits per heavy atom. The zero-order chi connectivity index (χ0) is 13.1. The molecule has 0 N–H and O–H groups in total. The molecule has 1 saturated carbocycles. The number of allylic oxidation sites excluding steroid dienone is 1. The van der Waals surface area contributed by atoms with Crippen molar-refractivity contribution in [3.05, 3.63) is 41.5 Å². The van der Waals surface area contributed by atoms with Gasteiger partial charge >= 0.3 is 0 Å². The first-order chi connectivity index (χ1) is 8.59. The van der Waals surface area contributed by atoms with Crippen LogP contribution in [0.3, 0.4) is 0 Å². The zero-order valence-corrected chi connectivity index (χ0v) is 11.5. The summed E-state index contributed by atoms with van der Waals surface area (Å²) in [5, 5.41) is 0. The van der Waals surface area contributed by atoms with Gasteiger partial charge in [-0.25, -0.2) is 0 Å². The van der Waals surface area contributed by atoms with Gasteiger partial charge in [0.05, 0.1) is 0 Å². The van der Waals surface area contributed by atoms with E-state index < -0.39 is 0 Å². The van der Waals surface area contributed by atoms with E-state index in [1.54, 1.807) is 0 Å². The van der Waals surface area contributed by atoms with Crippen LogP contribution in [0.1, 0.15) is 39.2 Å². The van der Waals surface area contributed by atoms with Crippen molar-refractivity contribution in [1.82, 2.24) is 0 Å². The van der Waals surface area contributed by atoms with Crippen molar-refractivity contribution in [2.24, 2.45) is 17.8 Å². The minimum Gasteiger partial charge on any atom is -0.294 e. The predicted octanol–water partition coefficient (Wildman–Crippen LogP) is 4.34. The van der Waals surface area contributed by atoms with Gasteiger partial charge in [0.2, 0.25) is 0 Å². The van der Waals surface area contributed by atoms with Crippen LogP contribution in [0.25, 0.3) is 6.08 Å².